The Hall–Kier alpha value is -0.0800. The Kier molecular flexibility index (Phi) is 4.66. The van der Waals surface area contributed by atoms with Crippen LogP contribution < -0.4 is 5.32 Å². The van der Waals surface area contributed by atoms with Crippen molar-refractivity contribution in [2.75, 3.05) is 13.6 Å². The van der Waals surface area contributed by atoms with Crippen LogP contribution in [0.4, 0.5) is 0 Å². The Labute approximate surface area is 101 Å². The highest BCUT2D eigenvalue weighted by atomic mass is 15.2. The van der Waals surface area contributed by atoms with Crippen molar-refractivity contribution in [1.29, 1.82) is 0 Å². The van der Waals surface area contributed by atoms with E-state index in [0.717, 1.165) is 18.1 Å². The quantitative estimate of drug-likeness (QED) is 0.776. The summed E-state index contributed by atoms with van der Waals surface area (Å²) in [5.41, 5.74) is 0. The Morgan fingerprint density at radius 2 is 1.88 bits per heavy atom. The van der Waals surface area contributed by atoms with Gasteiger partial charge in [0, 0.05) is 18.1 Å². The van der Waals surface area contributed by atoms with Crippen molar-refractivity contribution in [3.63, 3.8) is 0 Å². The van der Waals surface area contributed by atoms with Crippen molar-refractivity contribution in [3.8, 4) is 0 Å². The maximum atomic E-state index is 3.48. The van der Waals surface area contributed by atoms with Gasteiger partial charge < -0.3 is 5.32 Å². The smallest absolute Gasteiger partial charge is 0.0113 e. The molecule has 16 heavy (non-hydrogen) atoms. The predicted octanol–water partition coefficient (Wildman–Crippen LogP) is 2.78. The summed E-state index contributed by atoms with van der Waals surface area (Å²) in [7, 11) is 2.12. The van der Waals surface area contributed by atoms with Gasteiger partial charge in [0.25, 0.3) is 0 Å². The maximum Gasteiger partial charge on any atom is 0.0113 e. The highest BCUT2D eigenvalue weighted by molar-refractivity contribution is 4.86. The number of hydrogen-bond donors (Lipinski definition) is 1. The molecule has 2 rings (SSSR count). The fourth-order valence-electron chi connectivity index (χ4n) is 3.57. The van der Waals surface area contributed by atoms with E-state index < -0.39 is 0 Å². The number of nitrogens with zero attached hydrogens (tertiary/aromatic N) is 1. The summed E-state index contributed by atoms with van der Waals surface area (Å²) in [6, 6.07) is 2.46. The molecule has 2 heteroatoms. The molecule has 0 amide bonds. The van der Waals surface area contributed by atoms with E-state index in [9.17, 15) is 0 Å². The van der Waals surface area contributed by atoms with Gasteiger partial charge in [-0.05, 0) is 52.6 Å². The summed E-state index contributed by atoms with van der Waals surface area (Å²) in [5.74, 6) is 0. The molecule has 0 aromatic rings. The molecule has 3 atom stereocenters. The average molecular weight is 224 g/mol. The van der Waals surface area contributed by atoms with Crippen molar-refractivity contribution in [2.45, 2.75) is 76.4 Å². The van der Waals surface area contributed by atoms with E-state index in [2.05, 4.69) is 24.2 Å². The summed E-state index contributed by atoms with van der Waals surface area (Å²) < 4.78 is 0. The lowest BCUT2D eigenvalue weighted by atomic mass is 9.89. The summed E-state index contributed by atoms with van der Waals surface area (Å²) in [6.45, 7) is 3.79. The van der Waals surface area contributed by atoms with Gasteiger partial charge in [-0.2, -0.15) is 0 Å². The lowest BCUT2D eigenvalue weighted by Crippen LogP contribution is -2.47. The van der Waals surface area contributed by atoms with Crippen LogP contribution in [0.3, 0.4) is 0 Å². The summed E-state index contributed by atoms with van der Waals surface area (Å²) in [5, 5.41) is 3.48. The molecule has 2 aliphatic rings. The van der Waals surface area contributed by atoms with Gasteiger partial charge in [-0.3, -0.25) is 4.90 Å². The minimum Gasteiger partial charge on any atom is -0.317 e. The number of hydrogen-bond acceptors (Lipinski definition) is 2. The SMILES string of the molecule is CNC1CCCC(N2CCCCCC2C)C1. The molecule has 1 saturated heterocycles. The molecular weight excluding hydrogens is 196 g/mol. The van der Waals surface area contributed by atoms with Crippen LogP contribution in [0.25, 0.3) is 0 Å². The number of rotatable bonds is 2. The maximum absolute atomic E-state index is 3.48. The Morgan fingerprint density at radius 1 is 1.00 bits per heavy atom. The molecule has 94 valence electrons. The van der Waals surface area contributed by atoms with E-state index in [-0.39, 0.29) is 0 Å². The zero-order valence-electron chi connectivity index (χ0n) is 11.0. The first-order valence-corrected chi connectivity index (χ1v) is 7.24. The highest BCUT2D eigenvalue weighted by Crippen LogP contribution is 2.28. The topological polar surface area (TPSA) is 15.3 Å². The normalized spacial score (nSPS) is 38.2. The molecule has 0 bridgehead atoms. The molecule has 0 spiro atoms. The molecule has 2 fully saturated rings. The highest BCUT2D eigenvalue weighted by Gasteiger charge is 2.29. The van der Waals surface area contributed by atoms with Gasteiger partial charge in [0.1, 0.15) is 0 Å². The minimum atomic E-state index is 0.772. The first kappa shape index (κ1) is 12.4. The van der Waals surface area contributed by atoms with Gasteiger partial charge in [-0.15, -0.1) is 0 Å². The van der Waals surface area contributed by atoms with E-state index in [4.69, 9.17) is 0 Å². The Morgan fingerprint density at radius 3 is 2.69 bits per heavy atom. The Bertz CT molecular complexity index is 205. The zero-order valence-corrected chi connectivity index (χ0v) is 11.0. The molecule has 0 radical (unpaired) electrons. The van der Waals surface area contributed by atoms with E-state index in [1.54, 1.807) is 0 Å². The van der Waals surface area contributed by atoms with Gasteiger partial charge >= 0.3 is 0 Å². The lowest BCUT2D eigenvalue weighted by molar-refractivity contribution is 0.104. The molecule has 3 unspecified atom stereocenters. The third-order valence-corrected chi connectivity index (χ3v) is 4.63. The van der Waals surface area contributed by atoms with Crippen molar-refractivity contribution in [3.05, 3.63) is 0 Å². The second kappa shape index (κ2) is 6.02. The average Bonchev–Trinajstić information content (AvgIpc) is 2.54. The third-order valence-electron chi connectivity index (χ3n) is 4.63. The van der Waals surface area contributed by atoms with Crippen LogP contribution in [0.5, 0.6) is 0 Å². The predicted molar refractivity (Wildman–Crippen MR) is 69.7 cm³/mol. The van der Waals surface area contributed by atoms with Crippen molar-refractivity contribution >= 4 is 0 Å². The first-order chi connectivity index (χ1) is 7.81. The van der Waals surface area contributed by atoms with Gasteiger partial charge in [-0.25, -0.2) is 0 Å². The molecule has 1 heterocycles. The molecule has 1 saturated carbocycles. The molecule has 2 nitrogen and oxygen atoms in total. The van der Waals surface area contributed by atoms with E-state index in [0.29, 0.717) is 0 Å². The van der Waals surface area contributed by atoms with Crippen LogP contribution in [0.1, 0.15) is 58.3 Å². The van der Waals surface area contributed by atoms with Crippen LogP contribution in [0.2, 0.25) is 0 Å². The number of likely N-dealkylation sites (tertiary alicyclic amines) is 1. The zero-order chi connectivity index (χ0) is 11.4. The van der Waals surface area contributed by atoms with E-state index >= 15 is 0 Å². The standard InChI is InChI=1S/C14H28N2/c1-12-7-4-3-5-10-16(12)14-9-6-8-13(11-14)15-2/h12-15H,3-11H2,1-2H3. The minimum absolute atomic E-state index is 0.772. The molecule has 0 aromatic heterocycles. The van der Waals surface area contributed by atoms with E-state index in [1.165, 1.54) is 57.9 Å². The fraction of sp³-hybridized carbons (Fsp3) is 1.00. The molecular formula is C14H28N2. The van der Waals surface area contributed by atoms with Gasteiger partial charge in [0.2, 0.25) is 0 Å². The van der Waals surface area contributed by atoms with Crippen molar-refractivity contribution in [2.24, 2.45) is 0 Å². The molecule has 0 aromatic carbocycles. The van der Waals surface area contributed by atoms with Gasteiger partial charge in [0.05, 0.1) is 0 Å². The van der Waals surface area contributed by atoms with E-state index in [1.807, 2.05) is 0 Å². The summed E-state index contributed by atoms with van der Waals surface area (Å²) in [4.78, 5) is 2.82. The van der Waals surface area contributed by atoms with Crippen molar-refractivity contribution in [1.82, 2.24) is 10.2 Å². The molecule has 1 aliphatic heterocycles. The summed E-state index contributed by atoms with van der Waals surface area (Å²) >= 11 is 0. The Balaban J connectivity index is 1.93. The second-order valence-corrected chi connectivity index (χ2v) is 5.74. The molecule has 1 N–H and O–H groups in total. The second-order valence-electron chi connectivity index (χ2n) is 5.74. The largest absolute Gasteiger partial charge is 0.317 e. The van der Waals surface area contributed by atoms with Crippen LogP contribution in [-0.2, 0) is 0 Å². The van der Waals surface area contributed by atoms with Gasteiger partial charge in [0.15, 0.2) is 0 Å². The van der Waals surface area contributed by atoms with Crippen LogP contribution in [0, 0.1) is 0 Å². The monoisotopic (exact) mass is 224 g/mol. The van der Waals surface area contributed by atoms with Crippen LogP contribution in [0.15, 0.2) is 0 Å². The summed E-state index contributed by atoms with van der Waals surface area (Å²) in [6.07, 6.45) is 11.3. The first-order valence-electron chi connectivity index (χ1n) is 7.24. The fourth-order valence-corrected chi connectivity index (χ4v) is 3.57. The molecule has 1 aliphatic carbocycles. The van der Waals surface area contributed by atoms with Crippen molar-refractivity contribution < 1.29 is 0 Å². The lowest BCUT2D eigenvalue weighted by Gasteiger charge is -2.40. The number of nitrogens with one attached hydrogen (secondary N) is 1. The third kappa shape index (κ3) is 2.98. The van der Waals surface area contributed by atoms with Gasteiger partial charge in [-0.1, -0.05) is 19.3 Å². The van der Waals surface area contributed by atoms with Crippen LogP contribution >= 0.6 is 0 Å². The van der Waals surface area contributed by atoms with Crippen LogP contribution in [-0.4, -0.2) is 36.6 Å².